The first kappa shape index (κ1) is 9.71. The molecule has 1 atom stereocenters. The smallest absolute Gasteiger partial charge is 0.315 e. The molecule has 1 unspecified atom stereocenters. The van der Waals surface area contributed by atoms with Crippen LogP contribution in [-0.4, -0.2) is 24.0 Å². The topological polar surface area (TPSA) is 58.9 Å². The highest BCUT2D eigenvalue weighted by Gasteiger charge is 2.34. The third-order valence-electron chi connectivity index (χ3n) is 2.64. The van der Waals surface area contributed by atoms with Crippen molar-refractivity contribution in [1.29, 1.82) is 0 Å². The summed E-state index contributed by atoms with van der Waals surface area (Å²) in [4.78, 5) is 11.4. The van der Waals surface area contributed by atoms with E-state index in [4.69, 9.17) is 5.21 Å². The van der Waals surface area contributed by atoms with Crippen LogP contribution in [0.5, 0.6) is 0 Å². The van der Waals surface area contributed by atoms with E-state index in [1.807, 2.05) is 24.3 Å². The minimum absolute atomic E-state index is 0.362. The van der Waals surface area contributed by atoms with Gasteiger partial charge in [0.05, 0.1) is 7.11 Å². The van der Waals surface area contributed by atoms with Gasteiger partial charge in [-0.05, 0) is 12.0 Å². The molecule has 0 aliphatic heterocycles. The van der Waals surface area contributed by atoms with Gasteiger partial charge in [0.15, 0.2) is 0 Å². The lowest BCUT2D eigenvalue weighted by Crippen LogP contribution is -2.22. The summed E-state index contributed by atoms with van der Waals surface area (Å²) in [6, 6.07) is 7.51. The molecular formula is C11H11NO3. The Hall–Kier alpha value is -1.84. The van der Waals surface area contributed by atoms with Crippen LogP contribution < -0.4 is 0 Å². The van der Waals surface area contributed by atoms with Crippen molar-refractivity contribution >= 4 is 11.7 Å². The zero-order chi connectivity index (χ0) is 10.8. The molecule has 4 nitrogen and oxygen atoms in total. The molecule has 1 aliphatic carbocycles. The molecule has 0 radical (unpaired) electrons. The number of hydrogen-bond donors (Lipinski definition) is 1. The molecule has 0 saturated heterocycles. The fourth-order valence-corrected chi connectivity index (χ4v) is 1.91. The molecule has 0 amide bonds. The van der Waals surface area contributed by atoms with Crippen LogP contribution in [0.15, 0.2) is 29.4 Å². The van der Waals surface area contributed by atoms with Crippen LogP contribution in [0.2, 0.25) is 0 Å². The second kappa shape index (κ2) is 3.73. The molecule has 2 rings (SSSR count). The lowest BCUT2D eigenvalue weighted by atomic mass is 10.1. The Kier molecular flexibility index (Phi) is 2.41. The van der Waals surface area contributed by atoms with E-state index in [9.17, 15) is 4.79 Å². The van der Waals surface area contributed by atoms with Gasteiger partial charge in [0.25, 0.3) is 0 Å². The number of carbonyl (C=O) groups excluding carboxylic acids is 1. The Labute approximate surface area is 87.2 Å². The first-order valence-corrected chi connectivity index (χ1v) is 4.66. The van der Waals surface area contributed by atoms with Gasteiger partial charge in [-0.25, -0.2) is 0 Å². The summed E-state index contributed by atoms with van der Waals surface area (Å²) < 4.78 is 4.67. The fraction of sp³-hybridized carbons (Fsp3) is 0.273. The number of esters is 1. The third-order valence-corrected chi connectivity index (χ3v) is 2.64. The lowest BCUT2D eigenvalue weighted by molar-refractivity contribution is -0.142. The van der Waals surface area contributed by atoms with Gasteiger partial charge < -0.3 is 9.94 Å². The Bertz CT molecular complexity index is 426. The van der Waals surface area contributed by atoms with E-state index < -0.39 is 5.92 Å². The summed E-state index contributed by atoms with van der Waals surface area (Å²) in [5, 5.41) is 12.1. The van der Waals surface area contributed by atoms with E-state index in [2.05, 4.69) is 9.89 Å². The number of ether oxygens (including phenoxy) is 1. The summed E-state index contributed by atoms with van der Waals surface area (Å²) in [5.41, 5.74) is 2.24. The zero-order valence-corrected chi connectivity index (χ0v) is 8.30. The van der Waals surface area contributed by atoms with Crippen molar-refractivity contribution in [2.75, 3.05) is 7.11 Å². The highest BCUT2D eigenvalue weighted by atomic mass is 16.5. The molecule has 78 valence electrons. The van der Waals surface area contributed by atoms with Gasteiger partial charge in [-0.2, -0.15) is 0 Å². The van der Waals surface area contributed by atoms with Crippen LogP contribution in [-0.2, 0) is 16.0 Å². The second-order valence-corrected chi connectivity index (χ2v) is 3.42. The van der Waals surface area contributed by atoms with E-state index in [1.165, 1.54) is 7.11 Å². The molecule has 0 fully saturated rings. The quantitative estimate of drug-likeness (QED) is 0.426. The molecule has 0 heterocycles. The van der Waals surface area contributed by atoms with Gasteiger partial charge >= 0.3 is 5.97 Å². The van der Waals surface area contributed by atoms with Gasteiger partial charge in [0, 0.05) is 5.56 Å². The average Bonchev–Trinajstić information content (AvgIpc) is 2.66. The largest absolute Gasteiger partial charge is 0.468 e. The van der Waals surface area contributed by atoms with Crippen LogP contribution in [0, 0.1) is 5.92 Å². The molecule has 4 heteroatoms. The number of carbonyl (C=O) groups is 1. The van der Waals surface area contributed by atoms with Crippen molar-refractivity contribution in [3.05, 3.63) is 35.4 Å². The van der Waals surface area contributed by atoms with Crippen molar-refractivity contribution in [2.45, 2.75) is 6.42 Å². The number of oxime groups is 1. The van der Waals surface area contributed by atoms with Crippen LogP contribution in [0.3, 0.4) is 0 Å². The summed E-state index contributed by atoms with van der Waals surface area (Å²) >= 11 is 0. The van der Waals surface area contributed by atoms with Crippen molar-refractivity contribution in [2.24, 2.45) is 11.1 Å². The summed E-state index contributed by atoms with van der Waals surface area (Å²) in [6.45, 7) is 0. The van der Waals surface area contributed by atoms with Crippen LogP contribution >= 0.6 is 0 Å². The molecule has 15 heavy (non-hydrogen) atoms. The van der Waals surface area contributed by atoms with Crippen molar-refractivity contribution in [3.8, 4) is 0 Å². The van der Waals surface area contributed by atoms with Crippen molar-refractivity contribution in [1.82, 2.24) is 0 Å². The number of benzene rings is 1. The SMILES string of the molecule is COC(=O)C1Cc2ccccc2C1=NO. The van der Waals surface area contributed by atoms with E-state index in [0.717, 1.165) is 11.1 Å². The molecular weight excluding hydrogens is 194 g/mol. The number of methoxy groups -OCH3 is 1. The number of hydrogen-bond acceptors (Lipinski definition) is 4. The molecule has 1 aromatic rings. The molecule has 1 aliphatic rings. The standard InChI is InChI=1S/C11H11NO3/c1-15-11(13)9-6-7-4-2-3-5-8(7)10(9)12-14/h2-5,9,14H,6H2,1H3. The highest BCUT2D eigenvalue weighted by Crippen LogP contribution is 2.27. The molecule has 0 saturated carbocycles. The summed E-state index contributed by atoms with van der Waals surface area (Å²) in [5.74, 6) is -0.837. The molecule has 0 spiro atoms. The van der Waals surface area contributed by atoms with Crippen LogP contribution in [0.4, 0.5) is 0 Å². The highest BCUT2D eigenvalue weighted by molar-refractivity contribution is 6.15. The van der Waals surface area contributed by atoms with E-state index in [1.54, 1.807) is 0 Å². The van der Waals surface area contributed by atoms with Gasteiger partial charge in [0.2, 0.25) is 0 Å². The zero-order valence-electron chi connectivity index (χ0n) is 8.30. The minimum atomic E-state index is -0.475. The molecule has 1 aromatic carbocycles. The maximum atomic E-state index is 11.4. The Balaban J connectivity index is 2.42. The fourth-order valence-electron chi connectivity index (χ4n) is 1.91. The first-order chi connectivity index (χ1) is 7.27. The van der Waals surface area contributed by atoms with Crippen LogP contribution in [0.25, 0.3) is 0 Å². The van der Waals surface area contributed by atoms with E-state index >= 15 is 0 Å². The average molecular weight is 205 g/mol. The van der Waals surface area contributed by atoms with Gasteiger partial charge in [-0.3, -0.25) is 4.79 Å². The monoisotopic (exact) mass is 205 g/mol. The maximum Gasteiger partial charge on any atom is 0.315 e. The molecule has 0 bridgehead atoms. The number of rotatable bonds is 1. The maximum absolute atomic E-state index is 11.4. The normalized spacial score (nSPS) is 21.4. The van der Waals surface area contributed by atoms with Crippen LogP contribution in [0.1, 0.15) is 11.1 Å². The van der Waals surface area contributed by atoms with E-state index in [0.29, 0.717) is 12.1 Å². The first-order valence-electron chi connectivity index (χ1n) is 4.66. The number of fused-ring (bicyclic) bond motifs is 1. The predicted molar refractivity (Wildman–Crippen MR) is 54.0 cm³/mol. The second-order valence-electron chi connectivity index (χ2n) is 3.42. The van der Waals surface area contributed by atoms with E-state index in [-0.39, 0.29) is 5.97 Å². The lowest BCUT2D eigenvalue weighted by Gasteiger charge is -2.06. The predicted octanol–water partition coefficient (Wildman–Crippen LogP) is 1.21. The number of nitrogens with zero attached hydrogens (tertiary/aromatic N) is 1. The van der Waals surface area contributed by atoms with Crippen molar-refractivity contribution in [3.63, 3.8) is 0 Å². The van der Waals surface area contributed by atoms with Gasteiger partial charge in [-0.15, -0.1) is 0 Å². The Morgan fingerprint density at radius 1 is 1.53 bits per heavy atom. The third kappa shape index (κ3) is 1.48. The molecule has 1 N–H and O–H groups in total. The Morgan fingerprint density at radius 3 is 2.93 bits per heavy atom. The molecule has 0 aromatic heterocycles. The van der Waals surface area contributed by atoms with Gasteiger partial charge in [-0.1, -0.05) is 29.4 Å². The van der Waals surface area contributed by atoms with Crippen molar-refractivity contribution < 1.29 is 14.7 Å². The minimum Gasteiger partial charge on any atom is -0.468 e. The Morgan fingerprint density at radius 2 is 2.27 bits per heavy atom. The van der Waals surface area contributed by atoms with Gasteiger partial charge in [0.1, 0.15) is 11.6 Å². The summed E-state index contributed by atoms with van der Waals surface area (Å²) in [7, 11) is 1.33. The summed E-state index contributed by atoms with van der Waals surface area (Å²) in [6.07, 6.45) is 0.544.